The van der Waals surface area contributed by atoms with Crippen molar-refractivity contribution in [3.05, 3.63) is 18.0 Å². The van der Waals surface area contributed by atoms with Crippen molar-refractivity contribution in [2.45, 2.75) is 71.8 Å². The highest BCUT2D eigenvalue weighted by molar-refractivity contribution is 5.73. The summed E-state index contributed by atoms with van der Waals surface area (Å²) < 4.78 is 11.4. The number of furan rings is 1. The van der Waals surface area contributed by atoms with E-state index in [-0.39, 0.29) is 6.10 Å². The zero-order valence-electron chi connectivity index (χ0n) is 13.4. The molecule has 2 rings (SSSR count). The molecule has 0 saturated heterocycles. The highest BCUT2D eigenvalue weighted by Crippen LogP contribution is 2.21. The van der Waals surface area contributed by atoms with Crippen LogP contribution < -0.4 is 4.74 Å². The van der Waals surface area contributed by atoms with Gasteiger partial charge in [0.05, 0.1) is 11.5 Å². The zero-order chi connectivity index (χ0) is 15.1. The Balaban J connectivity index is 1.94. The van der Waals surface area contributed by atoms with Crippen molar-refractivity contribution in [2.24, 2.45) is 0 Å². The van der Waals surface area contributed by atoms with Crippen LogP contribution >= 0.6 is 0 Å². The molecule has 21 heavy (non-hydrogen) atoms. The molecule has 4 heteroatoms. The van der Waals surface area contributed by atoms with Gasteiger partial charge in [0.2, 0.25) is 5.71 Å². The zero-order valence-corrected chi connectivity index (χ0v) is 13.4. The van der Waals surface area contributed by atoms with Gasteiger partial charge in [-0.2, -0.15) is 4.98 Å². The smallest absolute Gasteiger partial charge is 0.319 e. The van der Waals surface area contributed by atoms with Crippen LogP contribution in [-0.4, -0.2) is 16.1 Å². The quantitative estimate of drug-likeness (QED) is 0.615. The normalized spacial score (nSPS) is 12.7. The molecule has 116 valence electrons. The number of hydrogen-bond donors (Lipinski definition) is 0. The number of aryl methyl sites for hydroxylation is 1. The fraction of sp³-hybridized carbons (Fsp3) is 0.647. The Bertz CT molecular complexity index is 551. The van der Waals surface area contributed by atoms with E-state index in [0.29, 0.717) is 11.7 Å². The van der Waals surface area contributed by atoms with Gasteiger partial charge in [0.1, 0.15) is 5.76 Å². The minimum atomic E-state index is 0.121. The molecule has 0 N–H and O–H groups in total. The molecule has 0 spiro atoms. The summed E-state index contributed by atoms with van der Waals surface area (Å²) in [6.07, 6.45) is 10.1. The molecule has 0 bridgehead atoms. The molecule has 0 aromatic carbocycles. The summed E-state index contributed by atoms with van der Waals surface area (Å²) in [4.78, 5) is 8.58. The molecule has 1 unspecified atom stereocenters. The van der Waals surface area contributed by atoms with Gasteiger partial charge in [0.15, 0.2) is 0 Å². The molecule has 0 aliphatic rings. The second-order valence-electron chi connectivity index (χ2n) is 5.63. The molecule has 2 heterocycles. The minimum Gasteiger partial charge on any atom is -0.460 e. The van der Waals surface area contributed by atoms with Crippen molar-refractivity contribution in [3.8, 4) is 6.01 Å². The van der Waals surface area contributed by atoms with Crippen LogP contribution in [0.3, 0.4) is 0 Å². The van der Waals surface area contributed by atoms with Crippen LogP contribution in [0.15, 0.2) is 16.7 Å². The summed E-state index contributed by atoms with van der Waals surface area (Å²) in [7, 11) is 0. The Hall–Kier alpha value is -1.58. The number of fused-ring (bicyclic) bond motifs is 1. The highest BCUT2D eigenvalue weighted by Gasteiger charge is 2.09. The molecule has 0 aliphatic carbocycles. The largest absolute Gasteiger partial charge is 0.460 e. The van der Waals surface area contributed by atoms with Gasteiger partial charge in [-0.1, -0.05) is 39.5 Å². The van der Waals surface area contributed by atoms with E-state index >= 15 is 0 Å². The lowest BCUT2D eigenvalue weighted by Gasteiger charge is -2.09. The van der Waals surface area contributed by atoms with Crippen molar-refractivity contribution in [2.75, 3.05) is 0 Å². The molecular formula is C17H26N2O2. The lowest BCUT2D eigenvalue weighted by atomic mass is 10.1. The third kappa shape index (κ3) is 4.73. The SMILES string of the molecule is CCCCCCCc1cc2cnc(OC(C)CC)nc2o1. The average molecular weight is 290 g/mol. The van der Waals surface area contributed by atoms with Gasteiger partial charge in [-0.15, -0.1) is 0 Å². The number of rotatable bonds is 9. The second-order valence-corrected chi connectivity index (χ2v) is 5.63. The maximum Gasteiger partial charge on any atom is 0.319 e. The van der Waals surface area contributed by atoms with Crippen molar-refractivity contribution in [3.63, 3.8) is 0 Å². The molecular weight excluding hydrogens is 264 g/mol. The van der Waals surface area contributed by atoms with Gasteiger partial charge >= 0.3 is 6.01 Å². The first-order valence-electron chi connectivity index (χ1n) is 8.15. The van der Waals surface area contributed by atoms with Crippen molar-refractivity contribution < 1.29 is 9.15 Å². The van der Waals surface area contributed by atoms with Gasteiger partial charge in [0.25, 0.3) is 0 Å². The Morgan fingerprint density at radius 1 is 1.19 bits per heavy atom. The third-order valence-corrected chi connectivity index (χ3v) is 3.71. The Morgan fingerprint density at radius 3 is 2.76 bits per heavy atom. The fourth-order valence-electron chi connectivity index (χ4n) is 2.21. The number of unbranched alkanes of at least 4 members (excludes halogenated alkanes) is 4. The summed E-state index contributed by atoms with van der Waals surface area (Å²) in [6.45, 7) is 6.32. The number of aromatic nitrogens is 2. The van der Waals surface area contributed by atoms with E-state index in [1.807, 2.05) is 13.0 Å². The van der Waals surface area contributed by atoms with Crippen LogP contribution in [0.5, 0.6) is 6.01 Å². The monoisotopic (exact) mass is 290 g/mol. The van der Waals surface area contributed by atoms with Gasteiger partial charge < -0.3 is 9.15 Å². The van der Waals surface area contributed by atoms with E-state index in [9.17, 15) is 0 Å². The highest BCUT2D eigenvalue weighted by atomic mass is 16.5. The molecule has 2 aromatic rings. The second kappa shape index (κ2) is 8.01. The van der Waals surface area contributed by atoms with Gasteiger partial charge in [-0.25, -0.2) is 4.98 Å². The fourth-order valence-corrected chi connectivity index (χ4v) is 2.21. The van der Waals surface area contributed by atoms with E-state index in [0.717, 1.165) is 24.0 Å². The lowest BCUT2D eigenvalue weighted by Crippen LogP contribution is -2.11. The molecule has 0 fully saturated rings. The summed E-state index contributed by atoms with van der Waals surface area (Å²) >= 11 is 0. The number of hydrogen-bond acceptors (Lipinski definition) is 4. The molecule has 1 atom stereocenters. The molecule has 0 radical (unpaired) electrons. The van der Waals surface area contributed by atoms with Crippen molar-refractivity contribution in [1.29, 1.82) is 0 Å². The van der Waals surface area contributed by atoms with E-state index in [4.69, 9.17) is 9.15 Å². The first-order valence-corrected chi connectivity index (χ1v) is 8.15. The maximum atomic E-state index is 5.80. The van der Waals surface area contributed by atoms with Gasteiger partial charge in [-0.05, 0) is 25.8 Å². The topological polar surface area (TPSA) is 48.2 Å². The van der Waals surface area contributed by atoms with Crippen LogP contribution in [0, 0.1) is 0 Å². The van der Waals surface area contributed by atoms with Crippen LogP contribution in [0.25, 0.3) is 11.1 Å². The molecule has 0 amide bonds. The Labute approximate surface area is 126 Å². The summed E-state index contributed by atoms with van der Waals surface area (Å²) in [5, 5.41) is 0.954. The van der Waals surface area contributed by atoms with Crippen LogP contribution in [0.4, 0.5) is 0 Å². The van der Waals surface area contributed by atoms with Crippen molar-refractivity contribution >= 4 is 11.1 Å². The molecule has 0 saturated carbocycles. The number of nitrogens with zero attached hydrogens (tertiary/aromatic N) is 2. The summed E-state index contributed by atoms with van der Waals surface area (Å²) in [5.74, 6) is 0.997. The first kappa shape index (κ1) is 15.8. The molecule has 2 aromatic heterocycles. The standard InChI is InChI=1S/C17H26N2O2/c1-4-6-7-8-9-10-15-11-14-12-18-17(19-16(14)21-15)20-13(3)5-2/h11-13H,4-10H2,1-3H3. The van der Waals surface area contributed by atoms with Gasteiger partial charge in [-0.3, -0.25) is 0 Å². The third-order valence-electron chi connectivity index (χ3n) is 3.71. The van der Waals surface area contributed by atoms with E-state index in [1.165, 1.54) is 32.1 Å². The average Bonchev–Trinajstić information content (AvgIpc) is 2.89. The first-order chi connectivity index (χ1) is 10.2. The van der Waals surface area contributed by atoms with Crippen LogP contribution in [0.2, 0.25) is 0 Å². The van der Waals surface area contributed by atoms with Gasteiger partial charge in [0, 0.05) is 12.6 Å². The van der Waals surface area contributed by atoms with E-state index in [1.54, 1.807) is 6.20 Å². The molecule has 0 aliphatic heterocycles. The van der Waals surface area contributed by atoms with Crippen molar-refractivity contribution in [1.82, 2.24) is 9.97 Å². The van der Waals surface area contributed by atoms with Crippen LogP contribution in [0.1, 0.15) is 65.1 Å². The van der Waals surface area contributed by atoms with Crippen LogP contribution in [-0.2, 0) is 6.42 Å². The summed E-state index contributed by atoms with van der Waals surface area (Å²) in [6, 6.07) is 2.45. The van der Waals surface area contributed by atoms with E-state index in [2.05, 4.69) is 23.8 Å². The van der Waals surface area contributed by atoms with E-state index < -0.39 is 0 Å². The number of ether oxygens (including phenoxy) is 1. The minimum absolute atomic E-state index is 0.121. The lowest BCUT2D eigenvalue weighted by molar-refractivity contribution is 0.199. The summed E-state index contributed by atoms with van der Waals surface area (Å²) in [5.41, 5.74) is 0.631. The Kier molecular flexibility index (Phi) is 6.03. The predicted molar refractivity (Wildman–Crippen MR) is 84.6 cm³/mol. The molecule has 4 nitrogen and oxygen atoms in total. The predicted octanol–water partition coefficient (Wildman–Crippen LogP) is 4.91. The Morgan fingerprint density at radius 2 is 2.00 bits per heavy atom. The maximum absolute atomic E-state index is 5.80.